The molecule has 0 saturated carbocycles. The molecule has 0 unspecified atom stereocenters. The standard InChI is InChI=1S/C15H11IN2OS/c1-10-14(9-13-3-2-8-20-13)15(19)18(17-10)12-6-4-11(16)5-7-12/h2-9,17H,1H2/b14-9-. The highest BCUT2D eigenvalue weighted by Crippen LogP contribution is 2.09. The summed E-state index contributed by atoms with van der Waals surface area (Å²) >= 11 is 3.83. The number of nitrogens with one attached hydrogen (secondary N) is 1. The van der Waals surface area contributed by atoms with Gasteiger partial charge in [-0.15, -0.1) is 11.3 Å². The first kappa shape index (κ1) is 13.4. The van der Waals surface area contributed by atoms with Gasteiger partial charge in [-0.3, -0.25) is 9.89 Å². The highest BCUT2D eigenvalue weighted by molar-refractivity contribution is 14.1. The Bertz CT molecular complexity index is 889. The van der Waals surface area contributed by atoms with Gasteiger partial charge in [0.1, 0.15) is 0 Å². The first-order valence-corrected chi connectivity index (χ1v) is 7.92. The largest absolute Gasteiger partial charge is 0.291 e. The monoisotopic (exact) mass is 394 g/mol. The third kappa shape index (κ3) is 2.51. The van der Waals surface area contributed by atoms with Crippen molar-refractivity contribution in [3.05, 3.63) is 71.1 Å². The Kier molecular flexibility index (Phi) is 3.62. The minimum absolute atomic E-state index is 0.0791. The van der Waals surface area contributed by atoms with Crippen molar-refractivity contribution in [2.75, 3.05) is 0 Å². The number of rotatable bonds is 2. The lowest BCUT2D eigenvalue weighted by atomic mass is 10.3. The van der Waals surface area contributed by atoms with Crippen molar-refractivity contribution in [1.29, 1.82) is 0 Å². The van der Waals surface area contributed by atoms with Crippen molar-refractivity contribution < 1.29 is 0 Å². The van der Waals surface area contributed by atoms with Crippen LogP contribution in [0.5, 0.6) is 0 Å². The molecule has 1 N–H and O–H groups in total. The van der Waals surface area contributed by atoms with E-state index in [1.807, 2.05) is 47.9 Å². The van der Waals surface area contributed by atoms with E-state index in [0.717, 1.165) is 14.1 Å². The minimum Gasteiger partial charge on any atom is -0.291 e. The van der Waals surface area contributed by atoms with Crippen molar-refractivity contribution in [2.45, 2.75) is 0 Å². The van der Waals surface area contributed by atoms with Gasteiger partial charge >= 0.3 is 0 Å². The predicted molar refractivity (Wildman–Crippen MR) is 91.8 cm³/mol. The van der Waals surface area contributed by atoms with Crippen molar-refractivity contribution in [2.24, 2.45) is 0 Å². The van der Waals surface area contributed by atoms with Crippen LogP contribution in [0.25, 0.3) is 18.3 Å². The zero-order valence-corrected chi connectivity index (χ0v) is 13.4. The zero-order valence-electron chi connectivity index (χ0n) is 10.5. The summed E-state index contributed by atoms with van der Waals surface area (Å²) in [5.74, 6) is 0. The number of halogens is 1. The summed E-state index contributed by atoms with van der Waals surface area (Å²) in [6.07, 6.45) is 1.87. The summed E-state index contributed by atoms with van der Waals surface area (Å²) in [6, 6.07) is 11.7. The van der Waals surface area contributed by atoms with Crippen LogP contribution in [0.1, 0.15) is 4.88 Å². The molecule has 3 aromatic rings. The van der Waals surface area contributed by atoms with E-state index in [0.29, 0.717) is 10.6 Å². The lowest BCUT2D eigenvalue weighted by Crippen LogP contribution is -2.33. The van der Waals surface area contributed by atoms with Gasteiger partial charge in [-0.25, -0.2) is 4.68 Å². The summed E-state index contributed by atoms with van der Waals surface area (Å²) in [5.41, 5.74) is 0.732. The fraction of sp³-hybridized carbons (Fsp3) is 0. The van der Waals surface area contributed by atoms with Crippen molar-refractivity contribution in [3.63, 3.8) is 0 Å². The average Bonchev–Trinajstić information content (AvgIpc) is 3.04. The van der Waals surface area contributed by atoms with Crippen LogP contribution >= 0.6 is 33.9 Å². The molecule has 0 aliphatic heterocycles. The molecule has 2 aromatic heterocycles. The first-order valence-electron chi connectivity index (χ1n) is 5.96. The van der Waals surface area contributed by atoms with Crippen LogP contribution in [0, 0.1) is 3.57 Å². The van der Waals surface area contributed by atoms with E-state index in [9.17, 15) is 4.79 Å². The van der Waals surface area contributed by atoms with Crippen molar-refractivity contribution in [1.82, 2.24) is 9.78 Å². The summed E-state index contributed by atoms with van der Waals surface area (Å²) in [6.45, 7) is 3.92. The van der Waals surface area contributed by atoms with Crippen molar-refractivity contribution >= 4 is 46.6 Å². The summed E-state index contributed by atoms with van der Waals surface area (Å²) in [7, 11) is 0. The van der Waals surface area contributed by atoms with Gasteiger partial charge in [0.05, 0.1) is 16.3 Å². The van der Waals surface area contributed by atoms with Crippen LogP contribution in [-0.4, -0.2) is 9.78 Å². The predicted octanol–water partition coefficient (Wildman–Crippen LogP) is 2.07. The van der Waals surface area contributed by atoms with Gasteiger partial charge < -0.3 is 0 Å². The smallest absolute Gasteiger partial charge is 0.279 e. The van der Waals surface area contributed by atoms with Gasteiger partial charge in [-0.1, -0.05) is 12.6 Å². The highest BCUT2D eigenvalue weighted by atomic mass is 127. The van der Waals surface area contributed by atoms with Gasteiger partial charge in [0.15, 0.2) is 0 Å². The van der Waals surface area contributed by atoms with Crippen molar-refractivity contribution in [3.8, 4) is 5.69 Å². The average molecular weight is 394 g/mol. The molecule has 0 aliphatic carbocycles. The lowest BCUT2D eigenvalue weighted by Gasteiger charge is -2.00. The van der Waals surface area contributed by atoms with E-state index in [4.69, 9.17) is 0 Å². The maximum Gasteiger partial charge on any atom is 0.279 e. The quantitative estimate of drug-likeness (QED) is 0.665. The Balaban J connectivity index is 2.19. The molecule has 5 heteroatoms. The van der Waals surface area contributed by atoms with E-state index in [2.05, 4.69) is 34.3 Å². The lowest BCUT2D eigenvalue weighted by molar-refractivity contribution is 0.838. The van der Waals surface area contributed by atoms with E-state index in [1.165, 1.54) is 4.68 Å². The van der Waals surface area contributed by atoms with Crippen LogP contribution in [0.3, 0.4) is 0 Å². The molecule has 1 aromatic carbocycles. The number of thiophene rings is 1. The summed E-state index contributed by atoms with van der Waals surface area (Å²) < 4.78 is 2.66. The molecule has 100 valence electrons. The van der Waals surface area contributed by atoms with Crippen LogP contribution < -0.4 is 16.1 Å². The third-order valence-electron chi connectivity index (χ3n) is 2.92. The van der Waals surface area contributed by atoms with Crippen LogP contribution in [0.2, 0.25) is 0 Å². The second kappa shape index (κ2) is 5.41. The Morgan fingerprint density at radius 1 is 1.25 bits per heavy atom. The molecule has 0 radical (unpaired) electrons. The van der Waals surface area contributed by atoms with Crippen LogP contribution in [0.15, 0.2) is 46.6 Å². The molecule has 0 saturated heterocycles. The van der Waals surface area contributed by atoms with Gasteiger partial charge in [-0.05, 0) is 64.4 Å². The van der Waals surface area contributed by atoms with Crippen LogP contribution in [-0.2, 0) is 0 Å². The van der Waals surface area contributed by atoms with Crippen LogP contribution in [0.4, 0.5) is 0 Å². The maximum atomic E-state index is 12.5. The number of H-pyrrole nitrogens is 1. The van der Waals surface area contributed by atoms with Gasteiger partial charge in [0, 0.05) is 8.45 Å². The summed E-state index contributed by atoms with van der Waals surface area (Å²) in [4.78, 5) is 13.5. The molecule has 3 nitrogen and oxygen atoms in total. The molecule has 20 heavy (non-hydrogen) atoms. The Morgan fingerprint density at radius 3 is 2.65 bits per heavy atom. The zero-order chi connectivity index (χ0) is 14.1. The Morgan fingerprint density at radius 2 is 2.00 bits per heavy atom. The number of hydrogen-bond acceptors (Lipinski definition) is 2. The van der Waals surface area contributed by atoms with E-state index in [1.54, 1.807) is 11.3 Å². The minimum atomic E-state index is -0.0791. The normalized spacial score (nSPS) is 11.9. The van der Waals surface area contributed by atoms with E-state index in [-0.39, 0.29) is 5.56 Å². The second-order valence-corrected chi connectivity index (χ2v) is 6.51. The molecule has 0 bridgehead atoms. The molecule has 0 spiro atoms. The number of aromatic amines is 1. The SMILES string of the molecule is C=c1[nH]n(-c2ccc(I)cc2)c(=O)/c1=C\c1cccs1. The Hall–Kier alpha value is -1.60. The van der Waals surface area contributed by atoms with Gasteiger partial charge in [0.2, 0.25) is 0 Å². The molecule has 0 amide bonds. The topological polar surface area (TPSA) is 37.8 Å². The molecule has 2 heterocycles. The highest BCUT2D eigenvalue weighted by Gasteiger charge is 2.04. The van der Waals surface area contributed by atoms with Gasteiger partial charge in [0.25, 0.3) is 5.56 Å². The van der Waals surface area contributed by atoms with Gasteiger partial charge in [-0.2, -0.15) is 0 Å². The molecule has 3 rings (SSSR count). The fourth-order valence-electron chi connectivity index (χ4n) is 1.93. The number of benzene rings is 1. The second-order valence-electron chi connectivity index (χ2n) is 4.28. The molecular formula is C15H11IN2OS. The Labute approximate surface area is 133 Å². The van der Waals surface area contributed by atoms with E-state index >= 15 is 0 Å². The molecule has 0 fully saturated rings. The molecule has 0 aliphatic rings. The maximum absolute atomic E-state index is 12.5. The number of nitrogens with zero attached hydrogens (tertiary/aromatic N) is 1. The summed E-state index contributed by atoms with van der Waals surface area (Å²) in [5, 5.41) is 6.24. The third-order valence-corrected chi connectivity index (χ3v) is 4.46. The molecule has 0 atom stereocenters. The van der Waals surface area contributed by atoms with E-state index < -0.39 is 0 Å². The first-order chi connectivity index (χ1) is 9.65. The molecular weight excluding hydrogens is 383 g/mol. The fourth-order valence-corrected chi connectivity index (χ4v) is 2.95. The number of aromatic nitrogens is 2. The number of hydrogen-bond donors (Lipinski definition) is 1.